The topological polar surface area (TPSA) is 70.0 Å². The summed E-state index contributed by atoms with van der Waals surface area (Å²) in [4.78, 5) is 13.8. The van der Waals surface area contributed by atoms with Gasteiger partial charge in [0, 0.05) is 25.4 Å². The maximum absolute atomic E-state index is 12.1. The lowest BCUT2D eigenvalue weighted by molar-refractivity contribution is -0.0216. The fraction of sp³-hybridized carbons (Fsp3) is 0.611. The van der Waals surface area contributed by atoms with E-state index in [4.69, 9.17) is 9.84 Å². The molecule has 1 unspecified atom stereocenters. The predicted octanol–water partition coefficient (Wildman–Crippen LogP) is 2.65. The van der Waals surface area contributed by atoms with Crippen molar-refractivity contribution in [1.29, 1.82) is 0 Å². The Labute approximate surface area is 148 Å². The molecule has 2 N–H and O–H groups in total. The largest absolute Gasteiger partial charge is 0.444 e. The van der Waals surface area contributed by atoms with Crippen LogP contribution < -0.4 is 0 Å². The Bertz CT molecular complexity index is 538. The number of aliphatic hydroxyl groups is 2. The molecule has 1 heterocycles. The summed E-state index contributed by atoms with van der Waals surface area (Å²) >= 11 is 1.64. The maximum atomic E-state index is 12.1. The van der Waals surface area contributed by atoms with E-state index in [1.165, 1.54) is 5.56 Å². The van der Waals surface area contributed by atoms with Gasteiger partial charge in [0.15, 0.2) is 0 Å². The summed E-state index contributed by atoms with van der Waals surface area (Å²) in [6, 6.07) is 10.0. The number of thioether (sulfide) groups is 1. The number of aliphatic hydroxyl groups excluding tert-OH is 2. The van der Waals surface area contributed by atoms with Gasteiger partial charge in [-0.25, -0.2) is 4.79 Å². The van der Waals surface area contributed by atoms with Crippen molar-refractivity contribution in [2.24, 2.45) is 0 Å². The Hall–Kier alpha value is -1.24. The van der Waals surface area contributed by atoms with Gasteiger partial charge in [-0.2, -0.15) is 0 Å². The lowest BCUT2D eigenvalue weighted by Gasteiger charge is -2.51. The average molecular weight is 353 g/mol. The first-order valence-corrected chi connectivity index (χ1v) is 9.19. The van der Waals surface area contributed by atoms with E-state index in [1.807, 2.05) is 51.1 Å². The van der Waals surface area contributed by atoms with Gasteiger partial charge in [0.05, 0.1) is 10.9 Å². The minimum Gasteiger partial charge on any atom is -0.444 e. The van der Waals surface area contributed by atoms with Crippen LogP contribution in [0.4, 0.5) is 4.79 Å². The van der Waals surface area contributed by atoms with Crippen LogP contribution in [0, 0.1) is 0 Å². The van der Waals surface area contributed by atoms with Gasteiger partial charge in [-0.3, -0.25) is 0 Å². The van der Waals surface area contributed by atoms with E-state index in [1.54, 1.807) is 16.7 Å². The number of hydrogen-bond acceptors (Lipinski definition) is 5. The van der Waals surface area contributed by atoms with Crippen molar-refractivity contribution in [1.82, 2.24) is 4.90 Å². The minimum atomic E-state index is -0.658. The van der Waals surface area contributed by atoms with Crippen LogP contribution >= 0.6 is 11.8 Å². The van der Waals surface area contributed by atoms with Gasteiger partial charge in [-0.15, -0.1) is 11.8 Å². The smallest absolute Gasteiger partial charge is 0.410 e. The highest BCUT2D eigenvalue weighted by Gasteiger charge is 2.51. The van der Waals surface area contributed by atoms with Gasteiger partial charge >= 0.3 is 6.09 Å². The van der Waals surface area contributed by atoms with Crippen LogP contribution in [-0.4, -0.2) is 57.4 Å². The molecule has 1 aromatic rings. The third-order valence-electron chi connectivity index (χ3n) is 3.95. The van der Waals surface area contributed by atoms with Gasteiger partial charge in [0.25, 0.3) is 0 Å². The molecule has 1 aliphatic heterocycles. The molecule has 1 saturated heterocycles. The molecule has 5 nitrogen and oxygen atoms in total. The van der Waals surface area contributed by atoms with E-state index < -0.39 is 16.5 Å². The molecule has 24 heavy (non-hydrogen) atoms. The Morgan fingerprint density at radius 2 is 1.96 bits per heavy atom. The molecule has 2 rings (SSSR count). The first kappa shape index (κ1) is 19.1. The molecular weight excluding hydrogens is 326 g/mol. The average Bonchev–Trinajstić information content (AvgIpc) is 2.45. The van der Waals surface area contributed by atoms with Crippen LogP contribution in [0.2, 0.25) is 0 Å². The summed E-state index contributed by atoms with van der Waals surface area (Å²) in [5, 5.41) is 19.6. The Kier molecular flexibility index (Phi) is 6.17. The zero-order chi connectivity index (χ0) is 17.8. The number of carbonyl (C=O) groups excluding carboxylic acids is 1. The van der Waals surface area contributed by atoms with E-state index in [0.29, 0.717) is 19.5 Å². The molecule has 0 spiro atoms. The van der Waals surface area contributed by atoms with Crippen molar-refractivity contribution in [3.8, 4) is 0 Å². The Morgan fingerprint density at radius 1 is 1.33 bits per heavy atom. The highest BCUT2D eigenvalue weighted by Crippen LogP contribution is 2.41. The third kappa shape index (κ3) is 4.88. The monoisotopic (exact) mass is 353 g/mol. The molecule has 0 aromatic heterocycles. The number of likely N-dealkylation sites (tertiary alicyclic amines) is 1. The van der Waals surface area contributed by atoms with Crippen LogP contribution in [-0.2, 0) is 10.5 Å². The lowest BCUT2D eigenvalue weighted by atomic mass is 9.91. The van der Waals surface area contributed by atoms with Crippen molar-refractivity contribution in [3.63, 3.8) is 0 Å². The second kappa shape index (κ2) is 7.76. The van der Waals surface area contributed by atoms with Gasteiger partial charge in [-0.05, 0) is 32.8 Å². The molecule has 0 saturated carbocycles. The third-order valence-corrected chi connectivity index (χ3v) is 5.53. The molecule has 1 aromatic carbocycles. The highest BCUT2D eigenvalue weighted by molar-refractivity contribution is 8.00. The van der Waals surface area contributed by atoms with E-state index in [0.717, 1.165) is 5.75 Å². The van der Waals surface area contributed by atoms with Gasteiger partial charge in [0.2, 0.25) is 0 Å². The number of hydrogen-bond donors (Lipinski definition) is 2. The molecule has 0 bridgehead atoms. The van der Waals surface area contributed by atoms with E-state index in [-0.39, 0.29) is 12.7 Å². The fourth-order valence-electron chi connectivity index (χ4n) is 2.64. The summed E-state index contributed by atoms with van der Waals surface area (Å²) in [7, 11) is 0. The summed E-state index contributed by atoms with van der Waals surface area (Å²) < 4.78 is 4.94. The first-order chi connectivity index (χ1) is 11.3. The Morgan fingerprint density at radius 3 is 2.50 bits per heavy atom. The minimum absolute atomic E-state index is 0.0682. The highest BCUT2D eigenvalue weighted by atomic mass is 32.2. The first-order valence-electron chi connectivity index (χ1n) is 8.20. The van der Waals surface area contributed by atoms with Crippen LogP contribution in [0.1, 0.15) is 32.8 Å². The zero-order valence-electron chi connectivity index (χ0n) is 14.6. The molecular formula is C18H27NO4S. The fourth-order valence-corrected chi connectivity index (χ4v) is 4.09. The number of ether oxygens (including phenoxy) is 1. The van der Waals surface area contributed by atoms with Gasteiger partial charge < -0.3 is 19.8 Å². The number of carbonyl (C=O) groups is 1. The summed E-state index contributed by atoms with van der Waals surface area (Å²) in [5.74, 6) is 0.755. The van der Waals surface area contributed by atoms with Crippen molar-refractivity contribution >= 4 is 17.9 Å². The van der Waals surface area contributed by atoms with Crippen molar-refractivity contribution in [3.05, 3.63) is 35.9 Å². The van der Waals surface area contributed by atoms with Crippen molar-refractivity contribution in [2.75, 3.05) is 19.7 Å². The molecule has 1 amide bonds. The predicted molar refractivity (Wildman–Crippen MR) is 96.0 cm³/mol. The van der Waals surface area contributed by atoms with Crippen LogP contribution in [0.3, 0.4) is 0 Å². The molecule has 0 radical (unpaired) electrons. The van der Waals surface area contributed by atoms with E-state index in [9.17, 15) is 9.90 Å². The summed E-state index contributed by atoms with van der Waals surface area (Å²) in [5.41, 5.74) is 0.643. The number of nitrogens with zero attached hydrogens (tertiary/aromatic N) is 1. The quantitative estimate of drug-likeness (QED) is 0.823. The number of amides is 1. The molecule has 134 valence electrons. The van der Waals surface area contributed by atoms with Gasteiger partial charge in [-0.1, -0.05) is 30.3 Å². The van der Waals surface area contributed by atoms with Crippen LogP contribution in [0.5, 0.6) is 0 Å². The zero-order valence-corrected chi connectivity index (χ0v) is 15.4. The Balaban J connectivity index is 1.98. The molecule has 1 aliphatic rings. The molecule has 0 aliphatic carbocycles. The second-order valence-corrected chi connectivity index (χ2v) is 8.59. The van der Waals surface area contributed by atoms with Crippen LogP contribution in [0.15, 0.2) is 30.3 Å². The molecule has 1 fully saturated rings. The molecule has 6 heteroatoms. The SMILES string of the molecule is CC(C)(C)OC(=O)N1CC(SCc2ccccc2)(C(O)CCO)C1. The van der Waals surface area contributed by atoms with Crippen LogP contribution in [0.25, 0.3) is 0 Å². The maximum Gasteiger partial charge on any atom is 0.410 e. The van der Waals surface area contributed by atoms with E-state index >= 15 is 0 Å². The number of rotatable bonds is 6. The second-order valence-electron chi connectivity index (χ2n) is 7.20. The standard InChI is InChI=1S/C18H27NO4S/c1-17(2,3)23-16(22)19-12-18(13-19,15(21)9-10-20)24-11-14-7-5-4-6-8-14/h4-8,15,20-21H,9-13H2,1-3H3. The molecule has 1 atom stereocenters. The van der Waals surface area contributed by atoms with E-state index in [2.05, 4.69) is 0 Å². The van der Waals surface area contributed by atoms with Gasteiger partial charge in [0.1, 0.15) is 5.60 Å². The lowest BCUT2D eigenvalue weighted by Crippen LogP contribution is -2.67. The number of benzene rings is 1. The normalized spacial score (nSPS) is 18.0. The van der Waals surface area contributed by atoms with Crippen molar-refractivity contribution < 1.29 is 19.7 Å². The summed E-state index contributed by atoms with van der Waals surface area (Å²) in [6.45, 7) is 6.30. The van der Waals surface area contributed by atoms with Crippen molar-refractivity contribution in [2.45, 2.75) is 49.4 Å². The summed E-state index contributed by atoms with van der Waals surface area (Å²) in [6.07, 6.45) is -0.700.